The van der Waals surface area contributed by atoms with Crippen LogP contribution in [0.25, 0.3) is 0 Å². The van der Waals surface area contributed by atoms with Crippen molar-refractivity contribution in [1.82, 2.24) is 4.98 Å². The van der Waals surface area contributed by atoms with Crippen LogP contribution in [-0.4, -0.2) is 17.0 Å². The van der Waals surface area contributed by atoms with Gasteiger partial charge in [0, 0.05) is 18.0 Å². The van der Waals surface area contributed by atoms with Crippen LogP contribution in [0.3, 0.4) is 0 Å². The molecule has 1 heterocycles. The molecule has 0 radical (unpaired) electrons. The van der Waals surface area contributed by atoms with Crippen molar-refractivity contribution in [2.75, 3.05) is 10.6 Å². The van der Waals surface area contributed by atoms with E-state index in [9.17, 15) is 13.6 Å². The number of halogens is 2. The van der Waals surface area contributed by atoms with Gasteiger partial charge in [-0.1, -0.05) is 12.1 Å². The molecule has 0 aliphatic rings. The molecule has 0 unspecified atom stereocenters. The molecule has 2 aromatic carbocycles. The van der Waals surface area contributed by atoms with Gasteiger partial charge < -0.3 is 15.4 Å². The lowest BCUT2D eigenvalue weighted by Gasteiger charge is -2.15. The molecule has 0 spiro atoms. The van der Waals surface area contributed by atoms with Crippen molar-refractivity contribution in [3.05, 3.63) is 78.1 Å². The third-order valence-electron chi connectivity index (χ3n) is 3.71. The molecule has 0 fully saturated rings. The van der Waals surface area contributed by atoms with Gasteiger partial charge in [-0.3, -0.25) is 9.78 Å². The van der Waals surface area contributed by atoms with Crippen LogP contribution in [0.15, 0.2) is 60.9 Å². The highest BCUT2D eigenvalue weighted by atomic mass is 19.2. The van der Waals surface area contributed by atoms with Crippen LogP contribution in [0.2, 0.25) is 0 Å². The molecular formula is C21H19F2N3O2. The van der Waals surface area contributed by atoms with Gasteiger partial charge in [0.15, 0.2) is 11.6 Å². The summed E-state index contributed by atoms with van der Waals surface area (Å²) in [7, 11) is 0. The first-order chi connectivity index (χ1) is 13.4. The van der Waals surface area contributed by atoms with Gasteiger partial charge in [-0.05, 0) is 44.2 Å². The molecule has 3 aromatic rings. The monoisotopic (exact) mass is 383 g/mol. The van der Waals surface area contributed by atoms with E-state index in [1.54, 1.807) is 12.3 Å². The van der Waals surface area contributed by atoms with Gasteiger partial charge in [0.2, 0.25) is 0 Å². The molecular weight excluding hydrogens is 364 g/mol. The number of carbonyl (C=O) groups excluding carboxylic acids is 1. The second kappa shape index (κ2) is 8.47. The van der Waals surface area contributed by atoms with Crippen LogP contribution < -0.4 is 15.4 Å². The molecule has 2 N–H and O–H groups in total. The zero-order chi connectivity index (χ0) is 20.1. The number of para-hydroxylation sites is 2. The minimum absolute atomic E-state index is 0.00860. The van der Waals surface area contributed by atoms with Gasteiger partial charge in [0.25, 0.3) is 5.91 Å². The Morgan fingerprint density at radius 2 is 1.79 bits per heavy atom. The highest BCUT2D eigenvalue weighted by Gasteiger charge is 2.11. The molecule has 5 nitrogen and oxygen atoms in total. The zero-order valence-corrected chi connectivity index (χ0v) is 15.4. The molecule has 0 aliphatic carbocycles. The number of hydrogen-bond acceptors (Lipinski definition) is 4. The van der Waals surface area contributed by atoms with Crippen molar-refractivity contribution in [3.63, 3.8) is 0 Å². The van der Waals surface area contributed by atoms with E-state index in [0.29, 0.717) is 11.4 Å². The average Bonchev–Trinajstić information content (AvgIpc) is 2.66. The summed E-state index contributed by atoms with van der Waals surface area (Å²) in [6.07, 6.45) is 2.96. The quantitative estimate of drug-likeness (QED) is 0.618. The lowest BCUT2D eigenvalue weighted by molar-refractivity contribution is 0.102. The standard InChI is InChI=1S/C21H19F2N3O2/c1-13(2)28-20-6-4-3-5-19(20)25-16-9-14(11-24-12-16)21(27)26-15-7-8-17(22)18(23)10-15/h3-13,25H,1-2H3,(H,26,27). The maximum Gasteiger partial charge on any atom is 0.257 e. The Hall–Kier alpha value is -3.48. The maximum atomic E-state index is 13.3. The number of hydrogen-bond donors (Lipinski definition) is 2. The predicted molar refractivity (Wildman–Crippen MR) is 104 cm³/mol. The van der Waals surface area contributed by atoms with Gasteiger partial charge >= 0.3 is 0 Å². The molecule has 0 atom stereocenters. The largest absolute Gasteiger partial charge is 0.489 e. The van der Waals surface area contributed by atoms with Crippen LogP contribution in [0.1, 0.15) is 24.2 Å². The lowest BCUT2D eigenvalue weighted by atomic mass is 10.2. The Labute approximate surface area is 161 Å². The summed E-state index contributed by atoms with van der Waals surface area (Å²) >= 11 is 0. The Kier molecular flexibility index (Phi) is 5.84. The Morgan fingerprint density at radius 1 is 1.00 bits per heavy atom. The molecule has 1 aromatic heterocycles. The second-order valence-electron chi connectivity index (χ2n) is 6.33. The van der Waals surface area contributed by atoms with Gasteiger partial charge in [-0.2, -0.15) is 0 Å². The van der Waals surface area contributed by atoms with E-state index >= 15 is 0 Å². The summed E-state index contributed by atoms with van der Waals surface area (Å²) in [6, 6.07) is 12.2. The SMILES string of the molecule is CC(C)Oc1ccccc1Nc1cncc(C(=O)Nc2ccc(F)c(F)c2)c1. The highest BCUT2D eigenvalue weighted by Crippen LogP contribution is 2.28. The number of rotatable bonds is 6. The number of anilines is 3. The van der Waals surface area contributed by atoms with Crippen LogP contribution in [0.4, 0.5) is 25.8 Å². The summed E-state index contributed by atoms with van der Waals surface area (Å²) < 4.78 is 32.1. The Balaban J connectivity index is 1.77. The molecule has 3 rings (SSSR count). The van der Waals surface area contributed by atoms with Gasteiger partial charge in [0.05, 0.1) is 29.2 Å². The first-order valence-electron chi connectivity index (χ1n) is 8.66. The van der Waals surface area contributed by atoms with Crippen LogP contribution in [0, 0.1) is 11.6 Å². The van der Waals surface area contributed by atoms with Crippen LogP contribution in [0.5, 0.6) is 5.75 Å². The fourth-order valence-electron chi connectivity index (χ4n) is 2.49. The number of nitrogens with zero attached hydrogens (tertiary/aromatic N) is 1. The number of benzene rings is 2. The number of nitrogens with one attached hydrogen (secondary N) is 2. The summed E-state index contributed by atoms with van der Waals surface area (Å²) in [5.41, 5.74) is 1.73. The third kappa shape index (κ3) is 4.82. The number of pyridine rings is 1. The molecule has 0 saturated carbocycles. The van der Waals surface area contributed by atoms with E-state index in [-0.39, 0.29) is 17.4 Å². The minimum Gasteiger partial charge on any atom is -0.489 e. The van der Waals surface area contributed by atoms with E-state index in [4.69, 9.17) is 4.74 Å². The van der Waals surface area contributed by atoms with E-state index in [1.807, 2.05) is 38.1 Å². The third-order valence-corrected chi connectivity index (χ3v) is 3.71. The summed E-state index contributed by atoms with van der Waals surface area (Å²) in [4.78, 5) is 16.5. The molecule has 144 valence electrons. The van der Waals surface area contributed by atoms with Gasteiger partial charge in [-0.15, -0.1) is 0 Å². The van der Waals surface area contributed by atoms with Crippen molar-refractivity contribution in [2.24, 2.45) is 0 Å². The normalized spacial score (nSPS) is 10.6. The maximum absolute atomic E-state index is 13.3. The predicted octanol–water partition coefficient (Wildman–Crippen LogP) is 5.14. The Morgan fingerprint density at radius 3 is 2.54 bits per heavy atom. The fourth-order valence-corrected chi connectivity index (χ4v) is 2.49. The smallest absolute Gasteiger partial charge is 0.257 e. The summed E-state index contributed by atoms with van der Waals surface area (Å²) in [5, 5.41) is 5.69. The first-order valence-corrected chi connectivity index (χ1v) is 8.66. The molecule has 0 aliphatic heterocycles. The first kappa shape index (κ1) is 19.3. The van der Waals surface area contributed by atoms with Gasteiger partial charge in [0.1, 0.15) is 5.75 Å². The molecule has 28 heavy (non-hydrogen) atoms. The zero-order valence-electron chi connectivity index (χ0n) is 15.4. The minimum atomic E-state index is -1.03. The average molecular weight is 383 g/mol. The number of carbonyl (C=O) groups is 1. The Bertz CT molecular complexity index is 993. The second-order valence-corrected chi connectivity index (χ2v) is 6.33. The summed E-state index contributed by atoms with van der Waals surface area (Å²) in [5.74, 6) is -1.83. The lowest BCUT2D eigenvalue weighted by Crippen LogP contribution is -2.13. The van der Waals surface area contributed by atoms with Crippen molar-refractivity contribution in [3.8, 4) is 5.75 Å². The molecule has 7 heteroatoms. The van der Waals surface area contributed by atoms with Crippen molar-refractivity contribution >= 4 is 23.0 Å². The van der Waals surface area contributed by atoms with Crippen molar-refractivity contribution < 1.29 is 18.3 Å². The molecule has 0 saturated heterocycles. The number of ether oxygens (including phenoxy) is 1. The van der Waals surface area contributed by atoms with Crippen LogP contribution in [-0.2, 0) is 0 Å². The van der Waals surface area contributed by atoms with E-state index in [2.05, 4.69) is 15.6 Å². The van der Waals surface area contributed by atoms with Crippen molar-refractivity contribution in [2.45, 2.75) is 20.0 Å². The number of amides is 1. The summed E-state index contributed by atoms with van der Waals surface area (Å²) in [6.45, 7) is 3.86. The van der Waals surface area contributed by atoms with Crippen molar-refractivity contribution in [1.29, 1.82) is 0 Å². The highest BCUT2D eigenvalue weighted by molar-refractivity contribution is 6.04. The van der Waals surface area contributed by atoms with E-state index in [0.717, 1.165) is 17.8 Å². The fraction of sp³-hybridized carbons (Fsp3) is 0.143. The molecule has 0 bridgehead atoms. The topological polar surface area (TPSA) is 63.2 Å². The number of aromatic nitrogens is 1. The molecule has 1 amide bonds. The van der Waals surface area contributed by atoms with E-state index in [1.165, 1.54) is 12.3 Å². The van der Waals surface area contributed by atoms with Crippen LogP contribution >= 0.6 is 0 Å². The van der Waals surface area contributed by atoms with Gasteiger partial charge in [-0.25, -0.2) is 8.78 Å². The van der Waals surface area contributed by atoms with E-state index < -0.39 is 17.5 Å².